The number of ketones is 1. The van der Waals surface area contributed by atoms with E-state index in [9.17, 15) is 14.7 Å². The summed E-state index contributed by atoms with van der Waals surface area (Å²) in [6.45, 7) is 5.40. The van der Waals surface area contributed by atoms with Crippen molar-refractivity contribution in [3.8, 4) is 17.2 Å². The third-order valence-electron chi connectivity index (χ3n) is 4.71. The number of benzene rings is 2. The number of pyridine rings is 1. The molecule has 0 aliphatic carbocycles. The molecule has 8 nitrogen and oxygen atoms in total. The first-order valence-electron chi connectivity index (χ1n) is 10.2. The maximum absolute atomic E-state index is 13.3. The highest BCUT2D eigenvalue weighted by Gasteiger charge is 2.21. The van der Waals surface area contributed by atoms with Crippen LogP contribution in [0.15, 0.2) is 42.6 Å². The minimum Gasteiger partial charge on any atom is -0.494 e. The molecule has 0 bridgehead atoms. The summed E-state index contributed by atoms with van der Waals surface area (Å²) >= 11 is 0. The Kier molecular flexibility index (Phi) is 7.62. The molecule has 0 atom stereocenters. The predicted octanol–water partition coefficient (Wildman–Crippen LogP) is 3.99. The van der Waals surface area contributed by atoms with E-state index in [1.165, 1.54) is 13.3 Å². The first-order chi connectivity index (χ1) is 15.5. The average Bonchev–Trinajstić information content (AvgIpc) is 2.80. The molecule has 2 aromatic carbocycles. The molecule has 1 N–H and O–H groups in total. The standard InChI is InChI=1S/C24H25NO7/c1-4-30-9-10-32-21-12-17-18(13-20(21)29-3)22(25-14-19(17)24(27)28)23(26)15-7-6-8-16(11-15)31-5-2/h6-8,11-14H,4-5,9-10H2,1-3H3,(H,27,28). The monoisotopic (exact) mass is 439 g/mol. The van der Waals surface area contributed by atoms with Gasteiger partial charge < -0.3 is 24.1 Å². The van der Waals surface area contributed by atoms with Crippen molar-refractivity contribution < 1.29 is 33.6 Å². The predicted molar refractivity (Wildman–Crippen MR) is 118 cm³/mol. The van der Waals surface area contributed by atoms with Crippen LogP contribution in [0, 0.1) is 0 Å². The Morgan fingerprint density at radius 2 is 1.75 bits per heavy atom. The van der Waals surface area contributed by atoms with Crippen molar-refractivity contribution in [1.82, 2.24) is 4.98 Å². The summed E-state index contributed by atoms with van der Waals surface area (Å²) in [4.78, 5) is 29.3. The number of carbonyl (C=O) groups is 2. The third kappa shape index (κ3) is 4.97. The molecule has 1 aromatic heterocycles. The molecule has 168 valence electrons. The number of carbonyl (C=O) groups excluding carboxylic acids is 1. The number of nitrogens with zero attached hydrogens (tertiary/aromatic N) is 1. The van der Waals surface area contributed by atoms with Crippen LogP contribution in [0.25, 0.3) is 10.8 Å². The smallest absolute Gasteiger partial charge is 0.337 e. The van der Waals surface area contributed by atoms with Gasteiger partial charge in [0.2, 0.25) is 5.78 Å². The van der Waals surface area contributed by atoms with Gasteiger partial charge in [-0.25, -0.2) is 4.79 Å². The summed E-state index contributed by atoms with van der Waals surface area (Å²) < 4.78 is 21.9. The van der Waals surface area contributed by atoms with E-state index < -0.39 is 5.97 Å². The topological polar surface area (TPSA) is 104 Å². The van der Waals surface area contributed by atoms with Gasteiger partial charge in [-0.15, -0.1) is 0 Å². The molecule has 3 rings (SSSR count). The quantitative estimate of drug-likeness (QED) is 0.353. The van der Waals surface area contributed by atoms with E-state index in [0.29, 0.717) is 53.4 Å². The van der Waals surface area contributed by atoms with Crippen molar-refractivity contribution in [2.45, 2.75) is 13.8 Å². The molecule has 0 spiro atoms. The summed E-state index contributed by atoms with van der Waals surface area (Å²) in [6.07, 6.45) is 1.18. The van der Waals surface area contributed by atoms with Crippen molar-refractivity contribution in [2.24, 2.45) is 0 Å². The zero-order valence-corrected chi connectivity index (χ0v) is 18.2. The van der Waals surface area contributed by atoms with Gasteiger partial charge in [0.15, 0.2) is 11.5 Å². The fraction of sp³-hybridized carbons (Fsp3) is 0.292. The molecule has 3 aromatic rings. The fourth-order valence-electron chi connectivity index (χ4n) is 3.26. The molecule has 0 radical (unpaired) electrons. The fourth-order valence-corrected chi connectivity index (χ4v) is 3.26. The van der Waals surface area contributed by atoms with Gasteiger partial charge in [0, 0.05) is 29.1 Å². The Labute approximate surface area is 185 Å². The SMILES string of the molecule is CCOCCOc1cc2c(C(=O)O)cnc(C(=O)c3cccc(OCC)c3)c2cc1OC. The first kappa shape index (κ1) is 23.0. The van der Waals surface area contributed by atoms with Gasteiger partial charge in [-0.3, -0.25) is 9.78 Å². The summed E-state index contributed by atoms with van der Waals surface area (Å²) in [5, 5.41) is 10.3. The van der Waals surface area contributed by atoms with E-state index in [1.807, 2.05) is 13.8 Å². The number of hydrogen-bond acceptors (Lipinski definition) is 7. The Hall–Kier alpha value is -3.65. The van der Waals surface area contributed by atoms with Crippen LogP contribution in [-0.4, -0.2) is 55.4 Å². The normalized spacial score (nSPS) is 10.7. The molecule has 32 heavy (non-hydrogen) atoms. The van der Waals surface area contributed by atoms with Gasteiger partial charge in [-0.2, -0.15) is 0 Å². The van der Waals surface area contributed by atoms with Crippen LogP contribution in [0.1, 0.15) is 40.3 Å². The Bertz CT molecular complexity index is 1130. The van der Waals surface area contributed by atoms with Crippen molar-refractivity contribution in [3.05, 3.63) is 59.4 Å². The maximum Gasteiger partial charge on any atom is 0.337 e. The van der Waals surface area contributed by atoms with Gasteiger partial charge in [-0.05, 0) is 38.1 Å². The van der Waals surface area contributed by atoms with Crippen LogP contribution in [0.4, 0.5) is 0 Å². The molecule has 1 heterocycles. The van der Waals surface area contributed by atoms with E-state index in [-0.39, 0.29) is 23.6 Å². The highest BCUT2D eigenvalue weighted by molar-refractivity contribution is 6.18. The number of fused-ring (bicyclic) bond motifs is 1. The van der Waals surface area contributed by atoms with Crippen LogP contribution >= 0.6 is 0 Å². The van der Waals surface area contributed by atoms with Crippen LogP contribution in [0.3, 0.4) is 0 Å². The molecule has 0 saturated heterocycles. The van der Waals surface area contributed by atoms with Crippen molar-refractivity contribution in [1.29, 1.82) is 0 Å². The Morgan fingerprint density at radius 1 is 0.969 bits per heavy atom. The minimum atomic E-state index is -1.16. The van der Waals surface area contributed by atoms with E-state index in [4.69, 9.17) is 18.9 Å². The number of carboxylic acids is 1. The van der Waals surface area contributed by atoms with Crippen LogP contribution < -0.4 is 14.2 Å². The van der Waals surface area contributed by atoms with Gasteiger partial charge in [0.05, 0.1) is 25.9 Å². The maximum atomic E-state index is 13.3. The molecule has 8 heteroatoms. The lowest BCUT2D eigenvalue weighted by molar-refractivity contribution is 0.0698. The van der Waals surface area contributed by atoms with E-state index >= 15 is 0 Å². The minimum absolute atomic E-state index is 0.0445. The molecule has 0 aliphatic rings. The van der Waals surface area contributed by atoms with E-state index in [1.54, 1.807) is 36.4 Å². The van der Waals surface area contributed by atoms with Gasteiger partial charge in [-0.1, -0.05) is 12.1 Å². The Morgan fingerprint density at radius 3 is 2.44 bits per heavy atom. The number of aromatic nitrogens is 1. The number of methoxy groups -OCH3 is 1. The second kappa shape index (κ2) is 10.6. The molecule has 0 fully saturated rings. The number of ether oxygens (including phenoxy) is 4. The molecule has 0 saturated carbocycles. The summed E-state index contributed by atoms with van der Waals surface area (Å²) in [5.74, 6) is -0.251. The van der Waals surface area contributed by atoms with Gasteiger partial charge in [0.1, 0.15) is 18.1 Å². The van der Waals surface area contributed by atoms with Crippen molar-refractivity contribution in [2.75, 3.05) is 33.5 Å². The number of aromatic carboxylic acids is 1. The largest absolute Gasteiger partial charge is 0.494 e. The molecule has 0 amide bonds. The highest BCUT2D eigenvalue weighted by atomic mass is 16.5. The van der Waals surface area contributed by atoms with E-state index in [0.717, 1.165) is 0 Å². The van der Waals surface area contributed by atoms with Gasteiger partial charge in [0.25, 0.3) is 0 Å². The number of carboxylic acid groups (broad SMARTS) is 1. The van der Waals surface area contributed by atoms with Crippen LogP contribution in [-0.2, 0) is 4.74 Å². The lowest BCUT2D eigenvalue weighted by Crippen LogP contribution is -2.10. The lowest BCUT2D eigenvalue weighted by Gasteiger charge is -2.15. The summed E-state index contributed by atoms with van der Waals surface area (Å²) in [6, 6.07) is 9.90. The van der Waals surface area contributed by atoms with Crippen LogP contribution in [0.2, 0.25) is 0 Å². The average molecular weight is 439 g/mol. The van der Waals surface area contributed by atoms with Crippen molar-refractivity contribution in [3.63, 3.8) is 0 Å². The highest BCUT2D eigenvalue weighted by Crippen LogP contribution is 2.35. The molecular formula is C24H25NO7. The summed E-state index contributed by atoms with van der Waals surface area (Å²) in [7, 11) is 1.47. The summed E-state index contributed by atoms with van der Waals surface area (Å²) in [5.41, 5.74) is 0.443. The van der Waals surface area contributed by atoms with Gasteiger partial charge >= 0.3 is 5.97 Å². The zero-order valence-electron chi connectivity index (χ0n) is 18.2. The molecular weight excluding hydrogens is 414 g/mol. The second-order valence-electron chi connectivity index (χ2n) is 6.71. The van der Waals surface area contributed by atoms with Crippen LogP contribution in [0.5, 0.6) is 17.2 Å². The van der Waals surface area contributed by atoms with Crippen molar-refractivity contribution >= 4 is 22.5 Å². The Balaban J connectivity index is 2.11. The zero-order chi connectivity index (χ0) is 23.1. The lowest BCUT2D eigenvalue weighted by atomic mass is 9.99. The molecule has 0 unspecified atom stereocenters. The number of hydrogen-bond donors (Lipinski definition) is 1. The third-order valence-corrected chi connectivity index (χ3v) is 4.71. The second-order valence-corrected chi connectivity index (χ2v) is 6.71. The first-order valence-corrected chi connectivity index (χ1v) is 10.2. The molecule has 0 aliphatic heterocycles. The van der Waals surface area contributed by atoms with E-state index in [2.05, 4.69) is 4.98 Å². The number of rotatable bonds is 11.